The number of nitrogens with one attached hydrogen (secondary N) is 1. The smallest absolute Gasteiger partial charge is 0.307 e. The Bertz CT molecular complexity index is 1010. The van der Waals surface area contributed by atoms with E-state index < -0.39 is 34.8 Å². The van der Waals surface area contributed by atoms with Gasteiger partial charge in [-0.05, 0) is 17.7 Å². The predicted molar refractivity (Wildman–Crippen MR) is 102 cm³/mol. The molecule has 0 radical (unpaired) electrons. The quantitative estimate of drug-likeness (QED) is 0.704. The zero-order valence-electron chi connectivity index (χ0n) is 15.6. The maximum absolute atomic E-state index is 13.9. The van der Waals surface area contributed by atoms with Crippen molar-refractivity contribution in [3.63, 3.8) is 0 Å². The number of methoxy groups -OCH3 is 1. The molecule has 2 atom stereocenters. The van der Waals surface area contributed by atoms with Crippen LogP contribution in [0.1, 0.15) is 17.9 Å². The second-order valence-corrected chi connectivity index (χ2v) is 7.45. The molecular weight excluding hydrogens is 399 g/mol. The Morgan fingerprint density at radius 1 is 1.45 bits per heavy atom. The maximum atomic E-state index is 13.9. The van der Waals surface area contributed by atoms with Crippen LogP contribution in [0.4, 0.5) is 4.39 Å². The zero-order chi connectivity index (χ0) is 21.3. The molecule has 0 saturated carbocycles. The molecule has 2 amide bonds. The molecule has 1 fully saturated rings. The summed E-state index contributed by atoms with van der Waals surface area (Å²) in [6, 6.07) is 7.44. The molecule has 2 aliphatic rings. The lowest BCUT2D eigenvalue weighted by molar-refractivity contribution is -0.142. The van der Waals surface area contributed by atoms with Gasteiger partial charge in [-0.1, -0.05) is 23.9 Å². The summed E-state index contributed by atoms with van der Waals surface area (Å²) in [4.78, 5) is 38.4. The number of likely N-dealkylation sites (N-methyl/N-ethyl adjacent to an activating group) is 1. The molecule has 0 bridgehead atoms. The van der Waals surface area contributed by atoms with E-state index in [4.69, 9.17) is 5.73 Å². The van der Waals surface area contributed by atoms with Crippen molar-refractivity contribution < 1.29 is 23.5 Å². The van der Waals surface area contributed by atoms with E-state index in [2.05, 4.69) is 10.1 Å². The largest absolute Gasteiger partial charge is 0.469 e. The van der Waals surface area contributed by atoms with Gasteiger partial charge in [-0.3, -0.25) is 19.3 Å². The fourth-order valence-corrected chi connectivity index (χ4v) is 4.62. The summed E-state index contributed by atoms with van der Waals surface area (Å²) < 4.78 is 18.5. The van der Waals surface area contributed by atoms with Crippen LogP contribution < -0.4 is 11.1 Å². The number of rotatable bonds is 4. The first-order valence-electron chi connectivity index (χ1n) is 8.52. The Labute approximate surface area is 170 Å². The number of thioether (sulfide) groups is 1. The molecule has 8 nitrogen and oxygen atoms in total. The van der Waals surface area contributed by atoms with Crippen molar-refractivity contribution in [3.05, 3.63) is 57.6 Å². The molecule has 0 aromatic heterocycles. The molecule has 2 aliphatic heterocycles. The number of nitrogens with zero attached hydrogens (tertiary/aromatic N) is 2. The van der Waals surface area contributed by atoms with Crippen molar-refractivity contribution in [2.45, 2.75) is 17.6 Å². The summed E-state index contributed by atoms with van der Waals surface area (Å²) >= 11 is 0.994. The van der Waals surface area contributed by atoms with Gasteiger partial charge in [0, 0.05) is 7.05 Å². The molecule has 3 rings (SSSR count). The minimum atomic E-state index is -0.959. The number of halogens is 1. The second-order valence-electron chi connectivity index (χ2n) is 6.26. The number of esters is 1. The molecule has 1 aromatic carbocycles. The monoisotopic (exact) mass is 416 g/mol. The van der Waals surface area contributed by atoms with Crippen molar-refractivity contribution in [3.8, 4) is 6.07 Å². The van der Waals surface area contributed by atoms with E-state index in [1.807, 2.05) is 6.07 Å². The van der Waals surface area contributed by atoms with Gasteiger partial charge in [0.15, 0.2) is 0 Å². The summed E-state index contributed by atoms with van der Waals surface area (Å²) in [5, 5.41) is 11.6. The van der Waals surface area contributed by atoms with E-state index >= 15 is 0 Å². The number of amides is 2. The van der Waals surface area contributed by atoms with Crippen LogP contribution in [-0.2, 0) is 19.1 Å². The van der Waals surface area contributed by atoms with Crippen LogP contribution in [0.3, 0.4) is 0 Å². The standard InChI is InChI=1S/C19H17FN4O4S/c1-23-17(26)15-14(9-4-3-5-10(20)6-9)11(8-21)16(22)24-18(27)12(29-19(15)24)7-13(25)28-2/h3-6,12,14H,7,22H2,1-2H3,(H,23,26)/t12-,14-/m1/s1. The Hall–Kier alpha value is -3.32. The normalized spacial score (nSPS) is 21.0. The highest BCUT2D eigenvalue weighted by Crippen LogP contribution is 2.49. The van der Waals surface area contributed by atoms with Crippen molar-refractivity contribution in [2.24, 2.45) is 5.73 Å². The third-order valence-electron chi connectivity index (χ3n) is 4.63. The third-order valence-corrected chi connectivity index (χ3v) is 5.91. The minimum absolute atomic E-state index is 0.0504. The number of ether oxygens (including phenoxy) is 1. The first kappa shape index (κ1) is 20.4. The van der Waals surface area contributed by atoms with Crippen molar-refractivity contribution in [2.75, 3.05) is 14.2 Å². The lowest BCUT2D eigenvalue weighted by Crippen LogP contribution is -2.39. The second kappa shape index (κ2) is 7.97. The lowest BCUT2D eigenvalue weighted by Gasteiger charge is -2.31. The van der Waals surface area contributed by atoms with Gasteiger partial charge >= 0.3 is 5.97 Å². The van der Waals surface area contributed by atoms with Crippen LogP contribution in [0, 0.1) is 17.1 Å². The fourth-order valence-electron chi connectivity index (χ4n) is 3.30. The summed E-state index contributed by atoms with van der Waals surface area (Å²) in [5.41, 5.74) is 6.52. The molecule has 1 aromatic rings. The van der Waals surface area contributed by atoms with Crippen molar-refractivity contribution in [1.82, 2.24) is 10.2 Å². The third kappa shape index (κ3) is 3.45. The van der Waals surface area contributed by atoms with Gasteiger partial charge in [-0.15, -0.1) is 0 Å². The van der Waals surface area contributed by atoms with Crippen LogP contribution in [0.2, 0.25) is 0 Å². The molecular formula is C19H17FN4O4S. The Morgan fingerprint density at radius 2 is 2.17 bits per heavy atom. The highest BCUT2D eigenvalue weighted by molar-refractivity contribution is 8.04. The first-order chi connectivity index (χ1) is 13.8. The molecule has 29 heavy (non-hydrogen) atoms. The number of allylic oxidation sites excluding steroid dienone is 1. The molecule has 1 saturated heterocycles. The van der Waals surface area contributed by atoms with Crippen LogP contribution in [0.25, 0.3) is 0 Å². The van der Waals surface area contributed by atoms with E-state index in [0.29, 0.717) is 5.56 Å². The van der Waals surface area contributed by atoms with E-state index in [-0.39, 0.29) is 28.4 Å². The predicted octanol–water partition coefficient (Wildman–Crippen LogP) is 1.08. The molecule has 3 N–H and O–H groups in total. The maximum Gasteiger partial charge on any atom is 0.307 e. The van der Waals surface area contributed by atoms with Gasteiger partial charge in [0.05, 0.1) is 41.7 Å². The van der Waals surface area contributed by atoms with Gasteiger partial charge in [-0.25, -0.2) is 4.39 Å². The molecule has 0 aliphatic carbocycles. The molecule has 150 valence electrons. The topological polar surface area (TPSA) is 126 Å². The molecule has 10 heteroatoms. The average Bonchev–Trinajstić information content (AvgIpc) is 3.03. The fraction of sp³-hybridized carbons (Fsp3) is 0.263. The number of nitrogens with two attached hydrogens (primary N) is 1. The zero-order valence-corrected chi connectivity index (χ0v) is 16.4. The SMILES string of the molecule is CNC(=O)C1=C2S[C@H](CC(=O)OC)C(=O)N2C(N)=C(C#N)[C@H]1c1cccc(F)c1. The minimum Gasteiger partial charge on any atom is -0.469 e. The van der Waals surface area contributed by atoms with E-state index in [1.54, 1.807) is 6.07 Å². The number of benzene rings is 1. The first-order valence-corrected chi connectivity index (χ1v) is 9.40. The molecule has 0 spiro atoms. The number of hydrogen-bond donors (Lipinski definition) is 2. The van der Waals surface area contributed by atoms with Crippen LogP contribution in [0.15, 0.2) is 46.3 Å². The number of carbonyl (C=O) groups excluding carboxylic acids is 3. The summed E-state index contributed by atoms with van der Waals surface area (Å²) in [6.07, 6.45) is -0.221. The van der Waals surface area contributed by atoms with Gasteiger partial charge in [0.2, 0.25) is 5.91 Å². The lowest BCUT2D eigenvalue weighted by atomic mass is 9.82. The van der Waals surface area contributed by atoms with E-state index in [9.17, 15) is 24.0 Å². The average molecular weight is 416 g/mol. The molecule has 2 heterocycles. The Kier molecular flexibility index (Phi) is 5.61. The van der Waals surface area contributed by atoms with Crippen LogP contribution in [0.5, 0.6) is 0 Å². The highest BCUT2D eigenvalue weighted by Gasteiger charge is 2.48. The van der Waals surface area contributed by atoms with Gasteiger partial charge in [0.25, 0.3) is 5.91 Å². The highest BCUT2D eigenvalue weighted by atomic mass is 32.2. The van der Waals surface area contributed by atoms with Gasteiger partial charge < -0.3 is 15.8 Å². The number of hydrogen-bond acceptors (Lipinski definition) is 7. The van der Waals surface area contributed by atoms with Crippen LogP contribution in [-0.4, -0.2) is 42.1 Å². The van der Waals surface area contributed by atoms with Crippen LogP contribution >= 0.6 is 11.8 Å². The Morgan fingerprint density at radius 3 is 2.76 bits per heavy atom. The summed E-state index contributed by atoms with van der Waals surface area (Å²) in [7, 11) is 2.61. The number of carbonyl (C=O) groups is 3. The van der Waals surface area contributed by atoms with E-state index in [0.717, 1.165) is 16.7 Å². The van der Waals surface area contributed by atoms with Gasteiger partial charge in [-0.2, -0.15) is 5.26 Å². The van der Waals surface area contributed by atoms with Crippen molar-refractivity contribution in [1.29, 1.82) is 5.26 Å². The number of fused-ring (bicyclic) bond motifs is 1. The van der Waals surface area contributed by atoms with Gasteiger partial charge in [0.1, 0.15) is 16.9 Å². The number of nitriles is 1. The summed E-state index contributed by atoms with van der Waals surface area (Å²) in [5.74, 6) is -3.31. The molecule has 0 unspecified atom stereocenters. The van der Waals surface area contributed by atoms with Crippen molar-refractivity contribution >= 4 is 29.5 Å². The Balaban J connectivity index is 2.21. The van der Waals surface area contributed by atoms with E-state index in [1.165, 1.54) is 32.4 Å². The summed E-state index contributed by atoms with van der Waals surface area (Å²) in [6.45, 7) is 0.